The minimum atomic E-state index is -0.485. The Labute approximate surface area is 93.8 Å². The highest BCUT2D eigenvalue weighted by Crippen LogP contribution is 2.34. The van der Waals surface area contributed by atoms with Crippen molar-refractivity contribution in [2.45, 2.75) is 19.9 Å². The zero-order valence-corrected chi connectivity index (χ0v) is 9.38. The Morgan fingerprint density at radius 2 is 2.25 bits per heavy atom. The SMILES string of the molecule is CC(C)(CN)C(N)c1ccncc1[N+](=O)[O-]. The van der Waals surface area contributed by atoms with Gasteiger partial charge in [0.05, 0.1) is 10.5 Å². The summed E-state index contributed by atoms with van der Waals surface area (Å²) in [5.41, 5.74) is 11.6. The summed E-state index contributed by atoms with van der Waals surface area (Å²) in [7, 11) is 0. The summed E-state index contributed by atoms with van der Waals surface area (Å²) in [4.78, 5) is 14.1. The highest BCUT2D eigenvalue weighted by molar-refractivity contribution is 5.40. The summed E-state index contributed by atoms with van der Waals surface area (Å²) in [6.45, 7) is 4.11. The van der Waals surface area contributed by atoms with Gasteiger partial charge >= 0.3 is 0 Å². The van der Waals surface area contributed by atoms with Crippen molar-refractivity contribution in [3.63, 3.8) is 0 Å². The van der Waals surface area contributed by atoms with Gasteiger partial charge in [0.25, 0.3) is 5.69 Å². The zero-order chi connectivity index (χ0) is 12.3. The van der Waals surface area contributed by atoms with Crippen molar-refractivity contribution in [1.29, 1.82) is 0 Å². The monoisotopic (exact) mass is 224 g/mol. The van der Waals surface area contributed by atoms with Gasteiger partial charge in [-0.1, -0.05) is 13.8 Å². The van der Waals surface area contributed by atoms with E-state index in [9.17, 15) is 10.1 Å². The van der Waals surface area contributed by atoms with Crippen LogP contribution in [0.15, 0.2) is 18.5 Å². The molecule has 0 aliphatic rings. The third-order valence-corrected chi connectivity index (χ3v) is 2.73. The second kappa shape index (κ2) is 4.54. The van der Waals surface area contributed by atoms with Crippen molar-refractivity contribution < 1.29 is 4.92 Å². The summed E-state index contributed by atoms with van der Waals surface area (Å²) >= 11 is 0. The molecule has 0 spiro atoms. The van der Waals surface area contributed by atoms with E-state index < -0.39 is 16.4 Å². The van der Waals surface area contributed by atoms with E-state index in [1.54, 1.807) is 6.07 Å². The molecular weight excluding hydrogens is 208 g/mol. The zero-order valence-electron chi connectivity index (χ0n) is 9.38. The van der Waals surface area contributed by atoms with E-state index in [1.165, 1.54) is 12.4 Å². The van der Waals surface area contributed by atoms with Gasteiger partial charge in [-0.3, -0.25) is 15.1 Å². The van der Waals surface area contributed by atoms with Gasteiger partial charge in [-0.05, 0) is 18.0 Å². The molecule has 6 nitrogen and oxygen atoms in total. The average molecular weight is 224 g/mol. The lowest BCUT2D eigenvalue weighted by molar-refractivity contribution is -0.386. The number of nitrogens with two attached hydrogens (primary N) is 2. The molecule has 0 saturated carbocycles. The Hall–Kier alpha value is -1.53. The molecule has 0 aromatic carbocycles. The summed E-state index contributed by atoms with van der Waals surface area (Å²) in [5, 5.41) is 10.8. The Morgan fingerprint density at radius 1 is 1.62 bits per heavy atom. The molecule has 0 aliphatic carbocycles. The van der Waals surface area contributed by atoms with Crippen LogP contribution in [0.3, 0.4) is 0 Å². The molecule has 1 aromatic rings. The summed E-state index contributed by atoms with van der Waals surface area (Å²) in [6.07, 6.45) is 2.70. The van der Waals surface area contributed by atoms with E-state index in [2.05, 4.69) is 4.98 Å². The number of hydrogen-bond donors (Lipinski definition) is 2. The van der Waals surface area contributed by atoms with E-state index in [1.807, 2.05) is 13.8 Å². The van der Waals surface area contributed by atoms with Crippen LogP contribution in [0.2, 0.25) is 0 Å². The first-order chi connectivity index (χ1) is 7.40. The number of pyridine rings is 1. The molecule has 6 heteroatoms. The van der Waals surface area contributed by atoms with Crippen LogP contribution in [-0.2, 0) is 0 Å². The number of aromatic nitrogens is 1. The van der Waals surface area contributed by atoms with Gasteiger partial charge in [-0.25, -0.2) is 0 Å². The van der Waals surface area contributed by atoms with Gasteiger partial charge in [-0.15, -0.1) is 0 Å². The molecule has 1 rings (SSSR count). The Kier molecular flexibility index (Phi) is 3.56. The van der Waals surface area contributed by atoms with E-state index in [-0.39, 0.29) is 5.69 Å². The van der Waals surface area contributed by atoms with Gasteiger partial charge in [0.1, 0.15) is 6.20 Å². The second-order valence-electron chi connectivity index (χ2n) is 4.36. The van der Waals surface area contributed by atoms with Gasteiger partial charge in [0.2, 0.25) is 0 Å². The number of nitrogens with zero attached hydrogens (tertiary/aromatic N) is 2. The van der Waals surface area contributed by atoms with Crippen molar-refractivity contribution >= 4 is 5.69 Å². The summed E-state index contributed by atoms with van der Waals surface area (Å²) in [6, 6.07) is 1.08. The molecule has 0 aliphatic heterocycles. The van der Waals surface area contributed by atoms with Crippen LogP contribution < -0.4 is 11.5 Å². The normalized spacial score (nSPS) is 13.5. The first kappa shape index (κ1) is 12.5. The maximum Gasteiger partial charge on any atom is 0.292 e. The van der Waals surface area contributed by atoms with Crippen molar-refractivity contribution in [2.24, 2.45) is 16.9 Å². The standard InChI is InChI=1S/C10H16N4O2/c1-10(2,6-11)9(12)7-3-4-13-5-8(7)14(15)16/h3-5,9H,6,11-12H2,1-2H3. The van der Waals surface area contributed by atoms with E-state index in [0.717, 1.165) is 0 Å². The van der Waals surface area contributed by atoms with Crippen LogP contribution in [0.1, 0.15) is 25.5 Å². The molecule has 1 atom stereocenters. The van der Waals surface area contributed by atoms with Gasteiger partial charge < -0.3 is 11.5 Å². The molecule has 0 amide bonds. The quantitative estimate of drug-likeness (QED) is 0.585. The third kappa shape index (κ3) is 2.34. The first-order valence-electron chi connectivity index (χ1n) is 4.94. The molecule has 0 bridgehead atoms. The molecule has 1 heterocycles. The smallest absolute Gasteiger partial charge is 0.292 e. The van der Waals surface area contributed by atoms with Crippen molar-refractivity contribution in [1.82, 2.24) is 4.98 Å². The Bertz CT molecular complexity index is 392. The molecule has 4 N–H and O–H groups in total. The fraction of sp³-hybridized carbons (Fsp3) is 0.500. The van der Waals surface area contributed by atoms with Crippen LogP contribution in [0.25, 0.3) is 0 Å². The predicted octanol–water partition coefficient (Wildman–Crippen LogP) is 0.974. The molecule has 1 unspecified atom stereocenters. The first-order valence-corrected chi connectivity index (χ1v) is 4.94. The van der Waals surface area contributed by atoms with Crippen molar-refractivity contribution in [2.75, 3.05) is 6.54 Å². The number of rotatable bonds is 4. The lowest BCUT2D eigenvalue weighted by Gasteiger charge is -2.29. The van der Waals surface area contributed by atoms with Crippen molar-refractivity contribution in [3.8, 4) is 0 Å². The molecule has 0 radical (unpaired) electrons. The highest BCUT2D eigenvalue weighted by atomic mass is 16.6. The van der Waals surface area contributed by atoms with Gasteiger partial charge in [-0.2, -0.15) is 0 Å². The summed E-state index contributed by atoms with van der Waals surface area (Å²) in [5.74, 6) is 0. The van der Waals surface area contributed by atoms with Gasteiger partial charge in [0, 0.05) is 12.2 Å². The predicted molar refractivity (Wildman–Crippen MR) is 60.7 cm³/mol. The van der Waals surface area contributed by atoms with Gasteiger partial charge in [0.15, 0.2) is 0 Å². The fourth-order valence-corrected chi connectivity index (χ4v) is 1.36. The van der Waals surface area contributed by atoms with E-state index in [4.69, 9.17) is 11.5 Å². The minimum absolute atomic E-state index is 0.0588. The third-order valence-electron chi connectivity index (χ3n) is 2.73. The van der Waals surface area contributed by atoms with Crippen LogP contribution in [-0.4, -0.2) is 16.5 Å². The maximum absolute atomic E-state index is 10.8. The van der Waals surface area contributed by atoms with Crippen LogP contribution in [0.4, 0.5) is 5.69 Å². The fourth-order valence-electron chi connectivity index (χ4n) is 1.36. The van der Waals surface area contributed by atoms with Crippen LogP contribution in [0.5, 0.6) is 0 Å². The topological polar surface area (TPSA) is 108 Å². The Balaban J connectivity index is 3.18. The minimum Gasteiger partial charge on any atom is -0.330 e. The molecule has 88 valence electrons. The van der Waals surface area contributed by atoms with Crippen molar-refractivity contribution in [3.05, 3.63) is 34.1 Å². The largest absolute Gasteiger partial charge is 0.330 e. The number of nitro groups is 1. The molecule has 1 aromatic heterocycles. The summed E-state index contributed by atoms with van der Waals surface area (Å²) < 4.78 is 0. The molecule has 0 saturated heterocycles. The average Bonchev–Trinajstić information content (AvgIpc) is 2.28. The van der Waals surface area contributed by atoms with E-state index >= 15 is 0 Å². The highest BCUT2D eigenvalue weighted by Gasteiger charge is 2.31. The van der Waals surface area contributed by atoms with E-state index in [0.29, 0.717) is 12.1 Å². The maximum atomic E-state index is 10.8. The molecule has 0 fully saturated rings. The number of hydrogen-bond acceptors (Lipinski definition) is 5. The lowest BCUT2D eigenvalue weighted by Crippen LogP contribution is -2.36. The lowest BCUT2D eigenvalue weighted by atomic mass is 9.81. The Morgan fingerprint density at radius 3 is 2.75 bits per heavy atom. The second-order valence-corrected chi connectivity index (χ2v) is 4.36. The molecule has 16 heavy (non-hydrogen) atoms. The van der Waals surface area contributed by atoms with Crippen LogP contribution >= 0.6 is 0 Å². The molecular formula is C10H16N4O2. The van der Waals surface area contributed by atoms with Crippen LogP contribution in [0, 0.1) is 15.5 Å².